The molecule has 2 nitrogen and oxygen atoms in total. The number of unbranched alkanes of at least 4 members (excludes halogenated alkanes) is 2. The van der Waals surface area contributed by atoms with Crippen molar-refractivity contribution in [2.24, 2.45) is 11.8 Å². The Hall–Kier alpha value is -1.96. The van der Waals surface area contributed by atoms with Crippen molar-refractivity contribution in [1.29, 1.82) is 0 Å². The summed E-state index contributed by atoms with van der Waals surface area (Å²) in [4.78, 5) is 0. The molecule has 2 aromatic rings. The second kappa shape index (κ2) is 14.1. The van der Waals surface area contributed by atoms with Crippen molar-refractivity contribution in [1.82, 2.24) is 0 Å². The Bertz CT molecular complexity index is 648. The summed E-state index contributed by atoms with van der Waals surface area (Å²) in [6.45, 7) is 10.6. The van der Waals surface area contributed by atoms with Crippen molar-refractivity contribution in [3.05, 3.63) is 48.5 Å². The van der Waals surface area contributed by atoms with Gasteiger partial charge in [-0.1, -0.05) is 90.5 Å². The minimum absolute atomic E-state index is 0.643. The molecule has 0 aliphatic heterocycles. The third-order valence-corrected chi connectivity index (χ3v) is 6.06. The molecule has 0 N–H and O–H groups in total. The predicted molar refractivity (Wildman–Crippen MR) is 129 cm³/mol. The molecule has 0 radical (unpaired) electrons. The van der Waals surface area contributed by atoms with Crippen molar-refractivity contribution < 1.29 is 9.47 Å². The van der Waals surface area contributed by atoms with E-state index in [0.717, 1.165) is 24.7 Å². The quantitative estimate of drug-likeness (QED) is 0.293. The van der Waals surface area contributed by atoms with Gasteiger partial charge in [-0.15, -0.1) is 0 Å². The summed E-state index contributed by atoms with van der Waals surface area (Å²) >= 11 is 0. The van der Waals surface area contributed by atoms with E-state index in [4.69, 9.17) is 9.47 Å². The van der Waals surface area contributed by atoms with Gasteiger partial charge in [0, 0.05) is 0 Å². The molecule has 2 atom stereocenters. The smallest absolute Gasteiger partial charge is 0.119 e. The molecule has 166 valence electrons. The van der Waals surface area contributed by atoms with Gasteiger partial charge in [0.2, 0.25) is 0 Å². The van der Waals surface area contributed by atoms with Gasteiger partial charge in [-0.25, -0.2) is 0 Å². The first-order valence-electron chi connectivity index (χ1n) is 12.2. The molecule has 0 heterocycles. The first-order valence-corrected chi connectivity index (χ1v) is 12.2. The lowest BCUT2D eigenvalue weighted by molar-refractivity contribution is 0.233. The third-order valence-electron chi connectivity index (χ3n) is 6.06. The SMILES string of the molecule is CCCCC(CC)COc1cccc(-c2cccc(OCC(CC)CCCC)c2)c1. The Morgan fingerprint density at radius 1 is 0.633 bits per heavy atom. The molecule has 30 heavy (non-hydrogen) atoms. The van der Waals surface area contributed by atoms with Crippen LogP contribution in [0.2, 0.25) is 0 Å². The van der Waals surface area contributed by atoms with E-state index in [1.54, 1.807) is 0 Å². The van der Waals surface area contributed by atoms with Crippen LogP contribution in [0.4, 0.5) is 0 Å². The summed E-state index contributed by atoms with van der Waals surface area (Å²) in [6, 6.07) is 16.9. The van der Waals surface area contributed by atoms with Crippen LogP contribution in [0.1, 0.15) is 79.1 Å². The molecular formula is C28H42O2. The fourth-order valence-electron chi connectivity index (χ4n) is 3.76. The lowest BCUT2D eigenvalue weighted by Crippen LogP contribution is -2.11. The maximum atomic E-state index is 6.15. The highest BCUT2D eigenvalue weighted by molar-refractivity contribution is 5.66. The Labute approximate surface area is 185 Å². The summed E-state index contributed by atoms with van der Waals surface area (Å²) in [5.41, 5.74) is 2.36. The Morgan fingerprint density at radius 3 is 1.43 bits per heavy atom. The molecular weight excluding hydrogens is 368 g/mol. The Morgan fingerprint density at radius 2 is 1.07 bits per heavy atom. The molecule has 0 aromatic heterocycles. The van der Waals surface area contributed by atoms with Gasteiger partial charge < -0.3 is 9.47 Å². The molecule has 0 bridgehead atoms. The van der Waals surface area contributed by atoms with Crippen molar-refractivity contribution >= 4 is 0 Å². The van der Waals surface area contributed by atoms with Crippen LogP contribution >= 0.6 is 0 Å². The topological polar surface area (TPSA) is 18.5 Å². The highest BCUT2D eigenvalue weighted by Gasteiger charge is 2.09. The maximum absolute atomic E-state index is 6.15. The standard InChI is InChI=1S/C28H42O2/c1-5-9-13-23(7-3)21-29-27-17-11-15-25(19-27)26-16-12-18-28(20-26)30-22-24(8-4)14-10-6-2/h11-12,15-20,23-24H,5-10,13-14,21-22H2,1-4H3. The molecule has 0 aliphatic carbocycles. The molecule has 2 unspecified atom stereocenters. The lowest BCUT2D eigenvalue weighted by atomic mass is 10.0. The van der Waals surface area contributed by atoms with E-state index >= 15 is 0 Å². The molecule has 2 heteroatoms. The van der Waals surface area contributed by atoms with E-state index < -0.39 is 0 Å². The molecule has 2 rings (SSSR count). The van der Waals surface area contributed by atoms with Gasteiger partial charge in [0.05, 0.1) is 13.2 Å². The third kappa shape index (κ3) is 8.42. The zero-order valence-electron chi connectivity index (χ0n) is 19.7. The van der Waals surface area contributed by atoms with Gasteiger partial charge >= 0.3 is 0 Å². The van der Waals surface area contributed by atoms with E-state index in [-0.39, 0.29) is 0 Å². The zero-order chi connectivity index (χ0) is 21.6. The molecule has 0 aliphatic rings. The first-order chi connectivity index (χ1) is 14.7. The van der Waals surface area contributed by atoms with Crippen LogP contribution < -0.4 is 9.47 Å². The minimum atomic E-state index is 0.643. The molecule has 0 amide bonds. The number of rotatable bonds is 15. The number of benzene rings is 2. The molecule has 0 saturated carbocycles. The van der Waals surface area contributed by atoms with E-state index in [2.05, 4.69) is 76.2 Å². The normalized spacial score (nSPS) is 13.1. The van der Waals surface area contributed by atoms with Crippen LogP contribution in [0, 0.1) is 11.8 Å². The largest absolute Gasteiger partial charge is 0.493 e. The van der Waals surface area contributed by atoms with Crippen LogP contribution in [-0.2, 0) is 0 Å². The van der Waals surface area contributed by atoms with Gasteiger partial charge in [-0.3, -0.25) is 0 Å². The molecule has 0 saturated heterocycles. The van der Waals surface area contributed by atoms with E-state index in [1.807, 2.05) is 0 Å². The van der Waals surface area contributed by atoms with Crippen LogP contribution in [-0.4, -0.2) is 13.2 Å². The van der Waals surface area contributed by atoms with Gasteiger partial charge in [0.1, 0.15) is 11.5 Å². The van der Waals surface area contributed by atoms with Crippen molar-refractivity contribution in [2.45, 2.75) is 79.1 Å². The number of hydrogen-bond donors (Lipinski definition) is 0. The number of hydrogen-bond acceptors (Lipinski definition) is 2. The molecule has 2 aromatic carbocycles. The fourth-order valence-corrected chi connectivity index (χ4v) is 3.76. The van der Waals surface area contributed by atoms with E-state index in [1.165, 1.54) is 62.5 Å². The van der Waals surface area contributed by atoms with Crippen LogP contribution in [0.25, 0.3) is 11.1 Å². The van der Waals surface area contributed by atoms with E-state index in [9.17, 15) is 0 Å². The summed E-state index contributed by atoms with van der Waals surface area (Å²) in [5, 5.41) is 0. The van der Waals surface area contributed by atoms with E-state index in [0.29, 0.717) is 11.8 Å². The fraction of sp³-hybridized carbons (Fsp3) is 0.571. The second-order valence-corrected chi connectivity index (χ2v) is 8.51. The van der Waals surface area contributed by atoms with Crippen LogP contribution in [0.5, 0.6) is 11.5 Å². The van der Waals surface area contributed by atoms with Crippen molar-refractivity contribution in [3.63, 3.8) is 0 Å². The predicted octanol–water partition coefficient (Wildman–Crippen LogP) is 8.54. The van der Waals surface area contributed by atoms with Gasteiger partial charge in [0.15, 0.2) is 0 Å². The lowest BCUT2D eigenvalue weighted by Gasteiger charge is -2.17. The monoisotopic (exact) mass is 410 g/mol. The minimum Gasteiger partial charge on any atom is -0.493 e. The highest BCUT2D eigenvalue weighted by atomic mass is 16.5. The molecule has 0 fully saturated rings. The number of ether oxygens (including phenoxy) is 2. The Kier molecular flexibility index (Phi) is 11.4. The van der Waals surface area contributed by atoms with Gasteiger partial charge in [-0.2, -0.15) is 0 Å². The summed E-state index contributed by atoms with van der Waals surface area (Å²) in [7, 11) is 0. The zero-order valence-corrected chi connectivity index (χ0v) is 19.7. The molecule has 0 spiro atoms. The average Bonchev–Trinajstić information content (AvgIpc) is 2.80. The highest BCUT2D eigenvalue weighted by Crippen LogP contribution is 2.28. The van der Waals surface area contributed by atoms with Gasteiger partial charge in [0.25, 0.3) is 0 Å². The maximum Gasteiger partial charge on any atom is 0.119 e. The summed E-state index contributed by atoms with van der Waals surface area (Å²) in [6.07, 6.45) is 9.93. The van der Waals surface area contributed by atoms with Crippen molar-refractivity contribution in [2.75, 3.05) is 13.2 Å². The average molecular weight is 411 g/mol. The Balaban J connectivity index is 1.98. The summed E-state index contributed by atoms with van der Waals surface area (Å²) < 4.78 is 12.3. The van der Waals surface area contributed by atoms with Crippen LogP contribution in [0.15, 0.2) is 48.5 Å². The van der Waals surface area contributed by atoms with Crippen LogP contribution in [0.3, 0.4) is 0 Å². The second-order valence-electron chi connectivity index (χ2n) is 8.51. The summed E-state index contributed by atoms with van der Waals surface area (Å²) in [5.74, 6) is 3.20. The first kappa shape index (κ1) is 24.3. The van der Waals surface area contributed by atoms with Gasteiger partial charge in [-0.05, 0) is 60.1 Å². The van der Waals surface area contributed by atoms with Crippen molar-refractivity contribution in [3.8, 4) is 22.6 Å².